The molecule has 0 saturated carbocycles. The van der Waals surface area contributed by atoms with Crippen molar-refractivity contribution in [1.29, 1.82) is 5.26 Å². The van der Waals surface area contributed by atoms with Gasteiger partial charge in [-0.05, 0) is 24.6 Å². The molecule has 1 rings (SSSR count). The lowest BCUT2D eigenvalue weighted by molar-refractivity contribution is -0.142. The normalized spacial score (nSPS) is 9.62. The van der Waals surface area contributed by atoms with Crippen LogP contribution in [0.3, 0.4) is 0 Å². The number of esters is 1. The van der Waals surface area contributed by atoms with E-state index < -0.39 is 0 Å². The Hall–Kier alpha value is -1.05. The smallest absolute Gasteiger partial charge is 0.310 e. The summed E-state index contributed by atoms with van der Waals surface area (Å²) in [6.07, 6.45) is 0.0167. The lowest BCUT2D eigenvalue weighted by atomic mass is 10.1. The van der Waals surface area contributed by atoms with Gasteiger partial charge in [-0.2, -0.15) is 5.26 Å². The van der Waals surface area contributed by atoms with Crippen molar-refractivity contribution in [3.8, 4) is 6.07 Å². The molecule has 0 fully saturated rings. The van der Waals surface area contributed by atoms with Gasteiger partial charge in [-0.1, -0.05) is 27.5 Å². The Labute approximate surface area is 107 Å². The highest BCUT2D eigenvalue weighted by molar-refractivity contribution is 9.10. The minimum Gasteiger partial charge on any atom is -0.466 e. The highest BCUT2D eigenvalue weighted by atomic mass is 79.9. The van der Waals surface area contributed by atoms with Crippen LogP contribution in [0.1, 0.15) is 18.1 Å². The molecule has 84 valence electrons. The third-order valence-corrected chi connectivity index (χ3v) is 2.70. The fourth-order valence-electron chi connectivity index (χ4n) is 1.24. The summed E-state index contributed by atoms with van der Waals surface area (Å²) in [7, 11) is 0. The molecule has 0 radical (unpaired) electrons. The maximum Gasteiger partial charge on any atom is 0.310 e. The summed E-state index contributed by atoms with van der Waals surface area (Å²) >= 11 is 9.20. The van der Waals surface area contributed by atoms with Gasteiger partial charge >= 0.3 is 5.97 Å². The van der Waals surface area contributed by atoms with Crippen LogP contribution in [0.25, 0.3) is 0 Å². The average Bonchev–Trinajstić information content (AvgIpc) is 2.22. The van der Waals surface area contributed by atoms with E-state index in [4.69, 9.17) is 21.6 Å². The van der Waals surface area contributed by atoms with Crippen molar-refractivity contribution in [1.82, 2.24) is 0 Å². The first-order chi connectivity index (χ1) is 7.58. The average molecular weight is 303 g/mol. The number of ether oxygens (including phenoxy) is 1. The largest absolute Gasteiger partial charge is 0.466 e. The van der Waals surface area contributed by atoms with Crippen LogP contribution >= 0.6 is 27.5 Å². The first-order valence-electron chi connectivity index (χ1n) is 4.62. The molecule has 1 aromatic rings. The number of carbonyl (C=O) groups is 1. The summed E-state index contributed by atoms with van der Waals surface area (Å²) in [5.74, 6) is -0.386. The van der Waals surface area contributed by atoms with Gasteiger partial charge in [0.1, 0.15) is 0 Å². The van der Waals surface area contributed by atoms with E-state index in [-0.39, 0.29) is 12.4 Å². The summed E-state index contributed by atoms with van der Waals surface area (Å²) in [5.41, 5.74) is 0.887. The Bertz CT molecular complexity index is 454. The maximum atomic E-state index is 11.3. The molecule has 0 amide bonds. The molecule has 3 nitrogen and oxygen atoms in total. The molecular weight excluding hydrogens is 293 g/mol. The second kappa shape index (κ2) is 5.88. The second-order valence-electron chi connectivity index (χ2n) is 3.01. The van der Waals surface area contributed by atoms with E-state index >= 15 is 0 Å². The lowest BCUT2D eigenvalue weighted by Gasteiger charge is -2.07. The van der Waals surface area contributed by atoms with Crippen LogP contribution in [0.4, 0.5) is 0 Å². The molecule has 0 aliphatic carbocycles. The molecule has 0 unspecified atom stereocenters. The van der Waals surface area contributed by atoms with Gasteiger partial charge in [0, 0.05) is 9.50 Å². The molecule has 0 N–H and O–H groups in total. The van der Waals surface area contributed by atoms with Crippen LogP contribution in [0.15, 0.2) is 16.6 Å². The van der Waals surface area contributed by atoms with Gasteiger partial charge in [0.25, 0.3) is 0 Å². The number of nitriles is 1. The van der Waals surface area contributed by atoms with Crippen molar-refractivity contribution in [2.45, 2.75) is 13.3 Å². The highest BCUT2D eigenvalue weighted by Crippen LogP contribution is 2.26. The monoisotopic (exact) mass is 301 g/mol. The van der Waals surface area contributed by atoms with Gasteiger partial charge < -0.3 is 4.74 Å². The van der Waals surface area contributed by atoms with E-state index in [1.165, 1.54) is 0 Å². The van der Waals surface area contributed by atoms with Crippen LogP contribution in [-0.2, 0) is 16.0 Å². The summed E-state index contributed by atoms with van der Waals surface area (Å²) in [5, 5.41) is 9.32. The van der Waals surface area contributed by atoms with Gasteiger partial charge in [0.15, 0.2) is 0 Å². The molecule has 0 atom stereocenters. The van der Waals surface area contributed by atoms with Crippen LogP contribution < -0.4 is 0 Å². The van der Waals surface area contributed by atoms with Gasteiger partial charge in [0.05, 0.1) is 24.7 Å². The minimum atomic E-state index is -0.386. The number of nitrogens with zero attached hydrogens (tertiary/aromatic N) is 1. The van der Waals surface area contributed by atoms with Gasteiger partial charge in [-0.15, -0.1) is 0 Å². The van der Waals surface area contributed by atoms with Crippen LogP contribution in [0, 0.1) is 11.3 Å². The van der Waals surface area contributed by atoms with E-state index in [2.05, 4.69) is 15.9 Å². The summed E-state index contributed by atoms with van der Waals surface area (Å²) in [4.78, 5) is 11.3. The quantitative estimate of drug-likeness (QED) is 0.806. The topological polar surface area (TPSA) is 50.1 Å². The van der Waals surface area contributed by atoms with Crippen molar-refractivity contribution >= 4 is 33.5 Å². The molecule has 0 aliphatic heterocycles. The minimum absolute atomic E-state index is 0.0167. The first-order valence-corrected chi connectivity index (χ1v) is 5.79. The molecular formula is C11H9BrClNO2. The Morgan fingerprint density at radius 1 is 1.62 bits per heavy atom. The Morgan fingerprint density at radius 3 is 2.88 bits per heavy atom. The van der Waals surface area contributed by atoms with E-state index in [1.807, 2.05) is 6.07 Å². The number of hydrogen-bond acceptors (Lipinski definition) is 3. The number of hydrogen-bond donors (Lipinski definition) is 0. The van der Waals surface area contributed by atoms with Gasteiger partial charge in [0.2, 0.25) is 0 Å². The van der Waals surface area contributed by atoms with E-state index in [1.54, 1.807) is 19.1 Å². The van der Waals surface area contributed by atoms with Crippen LogP contribution in [0.5, 0.6) is 0 Å². The number of halogens is 2. The highest BCUT2D eigenvalue weighted by Gasteiger charge is 2.13. The Balaban J connectivity index is 3.04. The second-order valence-corrected chi connectivity index (χ2v) is 4.33. The standard InChI is InChI=1S/C11H9BrClNO2/c1-2-16-11(15)5-9-7(6-14)3-8(12)4-10(9)13/h3-4H,2,5H2,1H3. The third kappa shape index (κ3) is 3.22. The van der Waals surface area contributed by atoms with Crippen molar-refractivity contribution in [2.24, 2.45) is 0 Å². The molecule has 0 aromatic heterocycles. The van der Waals surface area contributed by atoms with E-state index in [9.17, 15) is 4.79 Å². The predicted molar refractivity (Wildman–Crippen MR) is 64.2 cm³/mol. The fraction of sp³-hybridized carbons (Fsp3) is 0.273. The summed E-state index contributed by atoms with van der Waals surface area (Å²) in [6, 6.07) is 5.28. The Morgan fingerprint density at radius 2 is 2.31 bits per heavy atom. The first kappa shape index (κ1) is 13.0. The summed E-state index contributed by atoms with van der Waals surface area (Å²) < 4.78 is 5.52. The molecule has 0 aliphatic rings. The van der Waals surface area contributed by atoms with E-state index in [0.717, 1.165) is 0 Å². The number of benzene rings is 1. The molecule has 1 aromatic carbocycles. The zero-order valence-corrected chi connectivity index (χ0v) is 10.9. The molecule has 0 saturated heterocycles. The maximum absolute atomic E-state index is 11.3. The van der Waals surface area contributed by atoms with Crippen LogP contribution in [-0.4, -0.2) is 12.6 Å². The van der Waals surface area contributed by atoms with Crippen molar-refractivity contribution in [3.63, 3.8) is 0 Å². The van der Waals surface area contributed by atoms with Crippen LogP contribution in [0.2, 0.25) is 5.02 Å². The van der Waals surface area contributed by atoms with Crippen molar-refractivity contribution in [3.05, 3.63) is 32.8 Å². The van der Waals surface area contributed by atoms with E-state index in [0.29, 0.717) is 27.2 Å². The zero-order chi connectivity index (χ0) is 12.1. The molecule has 0 heterocycles. The lowest BCUT2D eigenvalue weighted by Crippen LogP contribution is -2.09. The molecule has 0 spiro atoms. The summed E-state index contributed by atoms with van der Waals surface area (Å²) in [6.45, 7) is 2.04. The zero-order valence-electron chi connectivity index (χ0n) is 8.59. The van der Waals surface area contributed by atoms with Crippen molar-refractivity contribution in [2.75, 3.05) is 6.61 Å². The number of carbonyl (C=O) groups excluding carboxylic acids is 1. The Kier molecular flexibility index (Phi) is 4.78. The third-order valence-electron chi connectivity index (χ3n) is 1.91. The molecule has 5 heteroatoms. The van der Waals surface area contributed by atoms with Gasteiger partial charge in [-0.3, -0.25) is 4.79 Å². The molecule has 16 heavy (non-hydrogen) atoms. The number of rotatable bonds is 3. The molecule has 0 bridgehead atoms. The predicted octanol–water partition coefficient (Wildman–Crippen LogP) is 3.08. The SMILES string of the molecule is CCOC(=O)Cc1c(Cl)cc(Br)cc1C#N. The van der Waals surface area contributed by atoms with Gasteiger partial charge in [-0.25, -0.2) is 0 Å². The fourth-order valence-corrected chi connectivity index (χ4v) is 2.12. The van der Waals surface area contributed by atoms with Crippen molar-refractivity contribution < 1.29 is 9.53 Å².